The van der Waals surface area contributed by atoms with E-state index in [1.165, 1.54) is 61.6 Å². The molecule has 0 N–H and O–H groups in total. The van der Waals surface area contributed by atoms with Crippen molar-refractivity contribution >= 4 is 5.97 Å². The van der Waals surface area contributed by atoms with Crippen molar-refractivity contribution in [2.45, 2.75) is 103 Å². The Bertz CT molecular complexity index is 849. The molecule has 2 aromatic carbocycles. The second kappa shape index (κ2) is 13.4. The lowest BCUT2D eigenvalue weighted by molar-refractivity contribution is -0.134. The number of hydrogen-bond acceptors (Lipinski definition) is 3. The van der Waals surface area contributed by atoms with Crippen LogP contribution in [0.5, 0.6) is 11.5 Å². The number of carbonyl (C=O) groups excluding carboxylic acids is 1. The molecular weight excluding hydrogens is 408 g/mol. The standard InChI is InChI=1S/C30H42O3/c1-4-6-21-32-27-16-18-28(19-17-27)33-30(31)20-15-25-13-14-26(23(3)10-5-2)22-29(25)24-11-8-7-9-12-24/h13-14,16-19,22-24H,4-12,15,20-21H2,1-3H3. The summed E-state index contributed by atoms with van der Waals surface area (Å²) in [5.74, 6) is 2.45. The van der Waals surface area contributed by atoms with Crippen LogP contribution in [-0.4, -0.2) is 12.6 Å². The summed E-state index contributed by atoms with van der Waals surface area (Å²) in [6.07, 6.45) is 12.3. The molecular formula is C30H42O3. The van der Waals surface area contributed by atoms with Crippen LogP contribution in [0.2, 0.25) is 0 Å². The topological polar surface area (TPSA) is 35.5 Å². The largest absolute Gasteiger partial charge is 0.494 e. The normalized spacial score (nSPS) is 15.2. The predicted molar refractivity (Wildman–Crippen MR) is 136 cm³/mol. The second-order valence-electron chi connectivity index (χ2n) is 9.63. The molecule has 0 aliphatic heterocycles. The van der Waals surface area contributed by atoms with Gasteiger partial charge in [0.1, 0.15) is 11.5 Å². The zero-order valence-corrected chi connectivity index (χ0v) is 20.9. The minimum absolute atomic E-state index is 0.173. The number of ether oxygens (including phenoxy) is 2. The first-order valence-corrected chi connectivity index (χ1v) is 13.2. The van der Waals surface area contributed by atoms with Gasteiger partial charge in [-0.05, 0) is 84.9 Å². The maximum absolute atomic E-state index is 12.6. The van der Waals surface area contributed by atoms with E-state index in [9.17, 15) is 4.79 Å². The molecule has 1 fully saturated rings. The van der Waals surface area contributed by atoms with E-state index in [0.29, 0.717) is 24.0 Å². The highest BCUT2D eigenvalue weighted by atomic mass is 16.5. The first kappa shape index (κ1) is 25.3. The highest BCUT2D eigenvalue weighted by Gasteiger charge is 2.20. The van der Waals surface area contributed by atoms with Crippen LogP contribution in [0.3, 0.4) is 0 Å². The third-order valence-electron chi connectivity index (χ3n) is 6.93. The Balaban J connectivity index is 1.61. The summed E-state index contributed by atoms with van der Waals surface area (Å²) < 4.78 is 11.3. The molecule has 2 aromatic rings. The fourth-order valence-corrected chi connectivity index (χ4v) is 4.90. The van der Waals surface area contributed by atoms with Crippen molar-refractivity contribution in [3.63, 3.8) is 0 Å². The summed E-state index contributed by atoms with van der Waals surface area (Å²) in [4.78, 5) is 12.6. The lowest BCUT2D eigenvalue weighted by Gasteiger charge is -2.26. The van der Waals surface area contributed by atoms with Gasteiger partial charge >= 0.3 is 5.97 Å². The average Bonchev–Trinajstić information content (AvgIpc) is 2.84. The highest BCUT2D eigenvalue weighted by Crippen LogP contribution is 2.37. The van der Waals surface area contributed by atoms with Gasteiger partial charge in [-0.1, -0.05) is 71.1 Å². The lowest BCUT2D eigenvalue weighted by atomic mass is 9.79. The summed E-state index contributed by atoms with van der Waals surface area (Å²) in [6.45, 7) is 7.45. The fraction of sp³-hybridized carbons (Fsp3) is 0.567. The van der Waals surface area contributed by atoms with E-state index in [2.05, 4.69) is 39.0 Å². The number of rotatable bonds is 12. The van der Waals surface area contributed by atoms with Crippen molar-refractivity contribution in [1.29, 1.82) is 0 Å². The van der Waals surface area contributed by atoms with Crippen molar-refractivity contribution in [2.24, 2.45) is 0 Å². The van der Waals surface area contributed by atoms with Gasteiger partial charge in [0, 0.05) is 6.42 Å². The van der Waals surface area contributed by atoms with Crippen molar-refractivity contribution in [3.8, 4) is 11.5 Å². The van der Waals surface area contributed by atoms with Gasteiger partial charge in [0.15, 0.2) is 0 Å². The van der Waals surface area contributed by atoms with E-state index >= 15 is 0 Å². The van der Waals surface area contributed by atoms with Crippen LogP contribution in [0.1, 0.15) is 114 Å². The molecule has 1 saturated carbocycles. The van der Waals surface area contributed by atoms with Gasteiger partial charge in [-0.15, -0.1) is 0 Å². The first-order chi connectivity index (χ1) is 16.1. The number of unbranched alkanes of at least 4 members (excludes halogenated alkanes) is 1. The molecule has 3 heteroatoms. The number of aryl methyl sites for hydroxylation is 1. The van der Waals surface area contributed by atoms with Crippen LogP contribution in [-0.2, 0) is 11.2 Å². The van der Waals surface area contributed by atoms with E-state index in [1.807, 2.05) is 24.3 Å². The molecule has 1 aliphatic rings. The molecule has 0 spiro atoms. The van der Waals surface area contributed by atoms with Gasteiger partial charge < -0.3 is 9.47 Å². The molecule has 0 radical (unpaired) electrons. The Labute approximate surface area is 200 Å². The van der Waals surface area contributed by atoms with E-state index in [0.717, 1.165) is 31.6 Å². The molecule has 180 valence electrons. The van der Waals surface area contributed by atoms with Crippen LogP contribution in [0, 0.1) is 0 Å². The number of esters is 1. The van der Waals surface area contributed by atoms with Crippen molar-refractivity contribution in [3.05, 3.63) is 59.2 Å². The quantitative estimate of drug-likeness (QED) is 0.185. The van der Waals surface area contributed by atoms with E-state index in [4.69, 9.17) is 9.47 Å². The summed E-state index contributed by atoms with van der Waals surface area (Å²) >= 11 is 0. The first-order valence-electron chi connectivity index (χ1n) is 13.2. The fourth-order valence-electron chi connectivity index (χ4n) is 4.90. The van der Waals surface area contributed by atoms with Crippen LogP contribution < -0.4 is 9.47 Å². The van der Waals surface area contributed by atoms with Crippen molar-refractivity contribution < 1.29 is 14.3 Å². The summed E-state index contributed by atoms with van der Waals surface area (Å²) in [7, 11) is 0. The molecule has 1 aliphatic carbocycles. The zero-order valence-electron chi connectivity index (χ0n) is 20.9. The summed E-state index contributed by atoms with van der Waals surface area (Å²) in [6, 6.07) is 14.4. The van der Waals surface area contributed by atoms with E-state index in [-0.39, 0.29) is 5.97 Å². The van der Waals surface area contributed by atoms with Crippen molar-refractivity contribution in [2.75, 3.05) is 6.61 Å². The summed E-state index contributed by atoms with van der Waals surface area (Å²) in [5, 5.41) is 0. The Morgan fingerprint density at radius 3 is 2.39 bits per heavy atom. The Morgan fingerprint density at radius 2 is 1.70 bits per heavy atom. The van der Waals surface area contributed by atoms with Gasteiger partial charge in [-0.2, -0.15) is 0 Å². The molecule has 0 aromatic heterocycles. The maximum Gasteiger partial charge on any atom is 0.311 e. The van der Waals surface area contributed by atoms with E-state index < -0.39 is 0 Å². The minimum atomic E-state index is -0.173. The number of benzene rings is 2. The van der Waals surface area contributed by atoms with Gasteiger partial charge in [0.25, 0.3) is 0 Å². The molecule has 1 atom stereocenters. The number of hydrogen-bond donors (Lipinski definition) is 0. The van der Waals surface area contributed by atoms with Gasteiger partial charge in [-0.3, -0.25) is 4.79 Å². The summed E-state index contributed by atoms with van der Waals surface area (Å²) in [5.41, 5.74) is 4.26. The van der Waals surface area contributed by atoms with Crippen LogP contribution >= 0.6 is 0 Å². The predicted octanol–water partition coefficient (Wildman–Crippen LogP) is 8.36. The maximum atomic E-state index is 12.6. The third-order valence-corrected chi connectivity index (χ3v) is 6.93. The van der Waals surface area contributed by atoms with Crippen LogP contribution in [0.15, 0.2) is 42.5 Å². The smallest absolute Gasteiger partial charge is 0.311 e. The average molecular weight is 451 g/mol. The molecule has 3 rings (SSSR count). The number of carbonyl (C=O) groups is 1. The monoisotopic (exact) mass is 450 g/mol. The Morgan fingerprint density at radius 1 is 0.970 bits per heavy atom. The molecule has 33 heavy (non-hydrogen) atoms. The van der Waals surface area contributed by atoms with Gasteiger partial charge in [-0.25, -0.2) is 0 Å². The minimum Gasteiger partial charge on any atom is -0.494 e. The van der Waals surface area contributed by atoms with E-state index in [1.54, 1.807) is 0 Å². The molecule has 1 unspecified atom stereocenters. The van der Waals surface area contributed by atoms with Crippen LogP contribution in [0.4, 0.5) is 0 Å². The Hall–Kier alpha value is -2.29. The van der Waals surface area contributed by atoms with Crippen LogP contribution in [0.25, 0.3) is 0 Å². The molecule has 0 saturated heterocycles. The van der Waals surface area contributed by atoms with Gasteiger partial charge in [0.2, 0.25) is 0 Å². The molecule has 3 nitrogen and oxygen atoms in total. The molecule has 0 bridgehead atoms. The molecule has 0 amide bonds. The molecule has 0 heterocycles. The van der Waals surface area contributed by atoms with Crippen molar-refractivity contribution in [1.82, 2.24) is 0 Å². The SMILES string of the molecule is CCCCOc1ccc(OC(=O)CCc2ccc(C(C)CCC)cc2C2CCCCC2)cc1. The zero-order chi connectivity index (χ0) is 23.5. The van der Waals surface area contributed by atoms with Gasteiger partial charge in [0.05, 0.1) is 6.61 Å². The second-order valence-corrected chi connectivity index (χ2v) is 9.63. The third kappa shape index (κ3) is 7.91. The Kier molecular flexibility index (Phi) is 10.3. The highest BCUT2D eigenvalue weighted by molar-refractivity contribution is 5.72. The lowest BCUT2D eigenvalue weighted by Crippen LogP contribution is -2.12.